The van der Waals surface area contributed by atoms with Crippen molar-refractivity contribution >= 4 is 22.3 Å². The second kappa shape index (κ2) is 4.29. The largest absolute Gasteiger partial charge is 0.297 e. The van der Waals surface area contributed by atoms with Crippen LogP contribution in [0.1, 0.15) is 21.5 Å². The minimum Gasteiger partial charge on any atom is -0.297 e. The maximum Gasteiger partial charge on any atom is 0.187 e. The normalized spacial score (nSPS) is 17.4. The van der Waals surface area contributed by atoms with Crippen molar-refractivity contribution in [3.05, 3.63) is 47.0 Å². The van der Waals surface area contributed by atoms with E-state index >= 15 is 0 Å². The summed E-state index contributed by atoms with van der Waals surface area (Å²) in [5, 5.41) is 19.5. The van der Waals surface area contributed by atoms with Crippen LogP contribution in [0.4, 0.5) is 0 Å². The molecule has 4 nitrogen and oxygen atoms in total. The highest BCUT2D eigenvalue weighted by Gasteiger charge is 2.34. The van der Waals surface area contributed by atoms with Crippen molar-refractivity contribution in [3.63, 3.8) is 0 Å². The van der Waals surface area contributed by atoms with Gasteiger partial charge in [0.1, 0.15) is 0 Å². The average molecular weight is 260 g/mol. The van der Waals surface area contributed by atoms with E-state index < -0.39 is 11.7 Å². The summed E-state index contributed by atoms with van der Waals surface area (Å²) >= 11 is 0. The molecule has 0 fully saturated rings. The molecule has 0 saturated carbocycles. The lowest BCUT2D eigenvalue weighted by Gasteiger charge is -2.19. The minimum atomic E-state index is -1.20. The number of hydrogen-bond donors (Lipinski definition) is 0. The van der Waals surface area contributed by atoms with Crippen LogP contribution < -0.4 is 0 Å². The summed E-state index contributed by atoms with van der Waals surface area (Å²) in [6.07, 6.45) is 0.0610. The SMILES string of the molecule is N#Cc1ccc2ccc3c(c2c1)CC(=O)C(C#N)C3=O. The van der Waals surface area contributed by atoms with Crippen LogP contribution in [0.3, 0.4) is 0 Å². The van der Waals surface area contributed by atoms with E-state index in [1.165, 1.54) is 0 Å². The molecule has 0 aliphatic heterocycles. The van der Waals surface area contributed by atoms with Crippen molar-refractivity contribution in [1.29, 1.82) is 10.5 Å². The number of hydrogen-bond acceptors (Lipinski definition) is 4. The van der Waals surface area contributed by atoms with Crippen LogP contribution in [0.2, 0.25) is 0 Å². The maximum atomic E-state index is 12.1. The van der Waals surface area contributed by atoms with E-state index in [1.807, 2.05) is 6.07 Å². The topological polar surface area (TPSA) is 81.7 Å². The lowest BCUT2D eigenvalue weighted by atomic mass is 9.80. The smallest absolute Gasteiger partial charge is 0.187 e. The van der Waals surface area contributed by atoms with E-state index in [4.69, 9.17) is 10.5 Å². The first-order valence-corrected chi connectivity index (χ1v) is 6.08. The van der Waals surface area contributed by atoms with E-state index in [9.17, 15) is 9.59 Å². The van der Waals surface area contributed by atoms with Crippen molar-refractivity contribution in [2.75, 3.05) is 0 Å². The number of nitrogens with zero attached hydrogens (tertiary/aromatic N) is 2. The van der Waals surface area contributed by atoms with Crippen LogP contribution in [-0.2, 0) is 11.2 Å². The van der Waals surface area contributed by atoms with Gasteiger partial charge in [-0.25, -0.2) is 0 Å². The Labute approximate surface area is 114 Å². The number of carbonyl (C=O) groups excluding carboxylic acids is 2. The molecule has 0 bridgehead atoms. The number of benzene rings is 2. The molecule has 20 heavy (non-hydrogen) atoms. The highest BCUT2D eigenvalue weighted by molar-refractivity contribution is 6.19. The first kappa shape index (κ1) is 12.1. The molecule has 3 rings (SSSR count). The summed E-state index contributed by atoms with van der Waals surface area (Å²) in [5.41, 5.74) is 1.52. The number of rotatable bonds is 0. The molecule has 0 N–H and O–H groups in total. The predicted octanol–water partition coefficient (Wildman–Crippen LogP) is 2.16. The predicted molar refractivity (Wildman–Crippen MR) is 70.8 cm³/mol. The highest BCUT2D eigenvalue weighted by Crippen LogP contribution is 2.30. The van der Waals surface area contributed by atoms with Crippen molar-refractivity contribution in [3.8, 4) is 12.1 Å². The highest BCUT2D eigenvalue weighted by atomic mass is 16.2. The number of ketones is 2. The number of Topliss-reactive ketones (excluding diaryl/α,β-unsaturated/α-hetero) is 2. The first-order valence-electron chi connectivity index (χ1n) is 6.08. The van der Waals surface area contributed by atoms with Gasteiger partial charge in [0.2, 0.25) is 0 Å². The summed E-state index contributed by atoms with van der Waals surface area (Å²) in [6, 6.07) is 12.4. The Morgan fingerprint density at radius 2 is 1.85 bits per heavy atom. The average Bonchev–Trinajstić information content (AvgIpc) is 2.47. The molecule has 1 aliphatic rings. The molecule has 1 aliphatic carbocycles. The third kappa shape index (κ3) is 1.60. The molecule has 1 atom stereocenters. The van der Waals surface area contributed by atoms with Gasteiger partial charge in [-0.05, 0) is 28.5 Å². The van der Waals surface area contributed by atoms with Gasteiger partial charge in [-0.1, -0.05) is 18.2 Å². The van der Waals surface area contributed by atoms with Crippen molar-refractivity contribution in [1.82, 2.24) is 0 Å². The zero-order chi connectivity index (χ0) is 14.3. The Morgan fingerprint density at radius 1 is 1.10 bits per heavy atom. The van der Waals surface area contributed by atoms with Gasteiger partial charge in [0, 0.05) is 12.0 Å². The van der Waals surface area contributed by atoms with Crippen LogP contribution in [0.5, 0.6) is 0 Å². The monoisotopic (exact) mass is 260 g/mol. The molecule has 0 saturated heterocycles. The van der Waals surface area contributed by atoms with Gasteiger partial charge in [-0.15, -0.1) is 0 Å². The molecule has 0 heterocycles. The molecule has 0 spiro atoms. The summed E-state index contributed by atoms with van der Waals surface area (Å²) in [4.78, 5) is 24.0. The minimum absolute atomic E-state index is 0.0610. The number of fused-ring (bicyclic) bond motifs is 3. The second-order valence-electron chi connectivity index (χ2n) is 4.71. The van der Waals surface area contributed by atoms with Gasteiger partial charge >= 0.3 is 0 Å². The van der Waals surface area contributed by atoms with Gasteiger partial charge < -0.3 is 0 Å². The van der Waals surface area contributed by atoms with Gasteiger partial charge in [0.25, 0.3) is 0 Å². The van der Waals surface area contributed by atoms with Gasteiger partial charge in [0.05, 0.1) is 17.7 Å². The maximum absolute atomic E-state index is 12.1. The van der Waals surface area contributed by atoms with E-state index in [1.54, 1.807) is 36.4 Å². The van der Waals surface area contributed by atoms with Gasteiger partial charge in [0.15, 0.2) is 17.5 Å². The molecule has 0 aromatic heterocycles. The zero-order valence-corrected chi connectivity index (χ0v) is 10.4. The molecule has 0 radical (unpaired) electrons. The molecule has 94 valence electrons. The Kier molecular flexibility index (Phi) is 2.59. The van der Waals surface area contributed by atoms with Crippen LogP contribution in [0.15, 0.2) is 30.3 Å². The fourth-order valence-corrected chi connectivity index (χ4v) is 2.58. The Morgan fingerprint density at radius 3 is 2.55 bits per heavy atom. The lowest BCUT2D eigenvalue weighted by molar-refractivity contribution is -0.119. The summed E-state index contributed by atoms with van der Waals surface area (Å²) < 4.78 is 0. The standard InChI is InChI=1S/C16H8N2O2/c17-7-9-1-2-10-3-4-11-13(12(10)5-9)6-15(19)14(8-18)16(11)20/h1-5,14H,6H2. The van der Waals surface area contributed by atoms with Crippen LogP contribution in [0.25, 0.3) is 10.8 Å². The van der Waals surface area contributed by atoms with Crippen LogP contribution >= 0.6 is 0 Å². The van der Waals surface area contributed by atoms with E-state index in [0.717, 1.165) is 10.8 Å². The fraction of sp³-hybridized carbons (Fsp3) is 0.125. The van der Waals surface area contributed by atoms with Crippen LogP contribution in [0, 0.1) is 28.6 Å². The number of nitriles is 2. The Balaban J connectivity index is 2.32. The number of carbonyl (C=O) groups is 2. The van der Waals surface area contributed by atoms with Crippen molar-refractivity contribution in [2.45, 2.75) is 6.42 Å². The van der Waals surface area contributed by atoms with Gasteiger partial charge in [-0.3, -0.25) is 9.59 Å². The van der Waals surface area contributed by atoms with Crippen molar-refractivity contribution in [2.24, 2.45) is 5.92 Å². The van der Waals surface area contributed by atoms with E-state index in [-0.39, 0.29) is 12.2 Å². The van der Waals surface area contributed by atoms with E-state index in [0.29, 0.717) is 16.7 Å². The zero-order valence-electron chi connectivity index (χ0n) is 10.4. The summed E-state index contributed by atoms with van der Waals surface area (Å²) in [5.74, 6) is -2.01. The molecular formula is C16H8N2O2. The van der Waals surface area contributed by atoms with Crippen LogP contribution in [-0.4, -0.2) is 11.6 Å². The second-order valence-corrected chi connectivity index (χ2v) is 4.71. The summed E-state index contributed by atoms with van der Waals surface area (Å²) in [7, 11) is 0. The molecule has 0 amide bonds. The molecule has 2 aromatic rings. The third-order valence-electron chi connectivity index (χ3n) is 3.59. The molecule has 1 unspecified atom stereocenters. The molecule has 2 aromatic carbocycles. The van der Waals surface area contributed by atoms with Crippen molar-refractivity contribution < 1.29 is 9.59 Å². The molecule has 4 heteroatoms. The first-order chi connectivity index (χ1) is 9.65. The summed E-state index contributed by atoms with van der Waals surface area (Å²) in [6.45, 7) is 0. The quantitative estimate of drug-likeness (QED) is 0.679. The van der Waals surface area contributed by atoms with Gasteiger partial charge in [-0.2, -0.15) is 10.5 Å². The van der Waals surface area contributed by atoms with E-state index in [2.05, 4.69) is 0 Å². The Hall–Kier alpha value is -2.98. The third-order valence-corrected chi connectivity index (χ3v) is 3.59. The lowest BCUT2D eigenvalue weighted by Crippen LogP contribution is -2.30. The molecular weight excluding hydrogens is 252 g/mol. The Bertz CT molecular complexity index is 853. The fourth-order valence-electron chi connectivity index (χ4n) is 2.58.